The van der Waals surface area contributed by atoms with Crippen LogP contribution in [0.5, 0.6) is 0 Å². The molecule has 20 heavy (non-hydrogen) atoms. The highest BCUT2D eigenvalue weighted by Crippen LogP contribution is 2.25. The van der Waals surface area contributed by atoms with Gasteiger partial charge in [0.2, 0.25) is 0 Å². The second-order valence-electron chi connectivity index (χ2n) is 4.16. The number of nitrogens with zero attached hydrogens (tertiary/aromatic N) is 2. The van der Waals surface area contributed by atoms with Crippen LogP contribution in [-0.2, 0) is 23.1 Å². The Bertz CT molecular complexity index is 712. The maximum atomic E-state index is 12.4. The van der Waals surface area contributed by atoms with Gasteiger partial charge < -0.3 is 5.73 Å². The van der Waals surface area contributed by atoms with Crippen molar-refractivity contribution in [2.24, 2.45) is 5.73 Å². The topological polar surface area (TPSA) is 90.0 Å². The van der Waals surface area contributed by atoms with Gasteiger partial charge in [-0.2, -0.15) is 5.10 Å². The van der Waals surface area contributed by atoms with E-state index in [0.29, 0.717) is 16.7 Å². The van der Waals surface area contributed by atoms with E-state index in [-0.39, 0.29) is 11.4 Å². The predicted octanol–water partition coefficient (Wildman–Crippen LogP) is 1.92. The fourth-order valence-electron chi connectivity index (χ4n) is 1.68. The van der Waals surface area contributed by atoms with Gasteiger partial charge in [-0.3, -0.25) is 9.40 Å². The summed E-state index contributed by atoms with van der Waals surface area (Å²) >= 11 is 3.25. The lowest BCUT2D eigenvalue weighted by molar-refractivity contribution is 0.600. The van der Waals surface area contributed by atoms with E-state index in [4.69, 9.17) is 5.73 Å². The molecule has 3 N–H and O–H groups in total. The molecule has 0 radical (unpaired) electrons. The minimum absolute atomic E-state index is 0.157. The number of rotatable bonds is 5. The van der Waals surface area contributed by atoms with Crippen LogP contribution >= 0.6 is 15.9 Å². The average molecular weight is 359 g/mol. The van der Waals surface area contributed by atoms with Gasteiger partial charge in [-0.25, -0.2) is 8.42 Å². The van der Waals surface area contributed by atoms with Gasteiger partial charge in [0.05, 0.1) is 11.9 Å². The van der Waals surface area contributed by atoms with E-state index in [0.717, 1.165) is 5.56 Å². The number of halogens is 1. The van der Waals surface area contributed by atoms with Crippen molar-refractivity contribution in [1.29, 1.82) is 0 Å². The Morgan fingerprint density at radius 2 is 2.20 bits per heavy atom. The summed E-state index contributed by atoms with van der Waals surface area (Å²) in [6.07, 6.45) is 3.11. The molecule has 6 nitrogen and oxygen atoms in total. The minimum Gasteiger partial charge on any atom is -0.326 e. The second-order valence-corrected chi connectivity index (χ2v) is 6.66. The highest BCUT2D eigenvalue weighted by molar-refractivity contribution is 9.10. The van der Waals surface area contributed by atoms with Crippen LogP contribution in [0.3, 0.4) is 0 Å². The summed E-state index contributed by atoms with van der Waals surface area (Å²) in [5.74, 6) is 0. The molecule has 1 aromatic carbocycles. The zero-order valence-electron chi connectivity index (χ0n) is 10.9. The number of sulfonamides is 1. The van der Waals surface area contributed by atoms with E-state index < -0.39 is 10.0 Å². The number of aromatic nitrogens is 2. The Morgan fingerprint density at radius 3 is 2.80 bits per heavy atom. The number of nitrogens with one attached hydrogen (secondary N) is 1. The summed E-state index contributed by atoms with van der Waals surface area (Å²) in [6.45, 7) is 2.88. The quantitative estimate of drug-likeness (QED) is 0.854. The molecule has 8 heteroatoms. The molecule has 0 spiro atoms. The number of benzene rings is 1. The third kappa shape index (κ3) is 3.20. The fourth-order valence-corrected chi connectivity index (χ4v) is 3.72. The zero-order chi connectivity index (χ0) is 14.8. The molecule has 0 aliphatic rings. The summed E-state index contributed by atoms with van der Waals surface area (Å²) in [5, 5.41) is 4.03. The lowest BCUT2D eigenvalue weighted by atomic mass is 10.2. The van der Waals surface area contributed by atoms with Crippen molar-refractivity contribution in [3.63, 3.8) is 0 Å². The number of aryl methyl sites for hydroxylation is 1. The van der Waals surface area contributed by atoms with Crippen molar-refractivity contribution in [1.82, 2.24) is 9.78 Å². The summed E-state index contributed by atoms with van der Waals surface area (Å²) in [4.78, 5) is 0.157. The van der Waals surface area contributed by atoms with Crippen LogP contribution in [0, 0.1) is 0 Å². The molecule has 0 saturated heterocycles. The normalized spacial score (nSPS) is 11.6. The standard InChI is InChI=1S/C12H15BrN4O2S/c1-2-17-8-10(7-15-17)16-20(18,19)12-5-9(6-14)3-4-11(12)13/h3-5,7-8,16H,2,6,14H2,1H3. The summed E-state index contributed by atoms with van der Waals surface area (Å²) in [6, 6.07) is 5.00. The Balaban J connectivity index is 2.34. The SMILES string of the molecule is CCn1cc(NS(=O)(=O)c2cc(CN)ccc2Br)cn1. The van der Waals surface area contributed by atoms with E-state index in [1.165, 1.54) is 6.20 Å². The molecule has 108 valence electrons. The molecule has 2 rings (SSSR count). The molecular formula is C12H15BrN4O2S. The fraction of sp³-hybridized carbons (Fsp3) is 0.250. The van der Waals surface area contributed by atoms with Crippen molar-refractivity contribution in [2.45, 2.75) is 24.9 Å². The van der Waals surface area contributed by atoms with Crippen molar-refractivity contribution < 1.29 is 8.42 Å². The lowest BCUT2D eigenvalue weighted by Gasteiger charge is -2.09. The monoisotopic (exact) mass is 358 g/mol. The van der Waals surface area contributed by atoms with Crippen LogP contribution in [-0.4, -0.2) is 18.2 Å². The summed E-state index contributed by atoms with van der Waals surface area (Å²) < 4.78 is 29.4. The Morgan fingerprint density at radius 1 is 1.45 bits per heavy atom. The Labute approximate surface area is 126 Å². The highest BCUT2D eigenvalue weighted by Gasteiger charge is 2.19. The van der Waals surface area contributed by atoms with Crippen molar-refractivity contribution in [3.05, 3.63) is 40.6 Å². The van der Waals surface area contributed by atoms with E-state index in [1.54, 1.807) is 29.1 Å². The van der Waals surface area contributed by atoms with Crippen LogP contribution in [0.15, 0.2) is 40.0 Å². The first-order chi connectivity index (χ1) is 9.46. The van der Waals surface area contributed by atoms with Gasteiger partial charge in [-0.05, 0) is 40.5 Å². The van der Waals surface area contributed by atoms with Gasteiger partial charge in [0, 0.05) is 23.8 Å². The minimum atomic E-state index is -3.68. The first kappa shape index (κ1) is 15.0. The molecule has 0 atom stereocenters. The first-order valence-corrected chi connectivity index (χ1v) is 8.27. The van der Waals surface area contributed by atoms with E-state index in [9.17, 15) is 8.42 Å². The third-order valence-corrected chi connectivity index (χ3v) is 5.11. The van der Waals surface area contributed by atoms with Crippen molar-refractivity contribution >= 4 is 31.6 Å². The third-order valence-electron chi connectivity index (χ3n) is 2.73. The number of hydrogen-bond acceptors (Lipinski definition) is 4. The lowest BCUT2D eigenvalue weighted by Crippen LogP contribution is -2.14. The number of hydrogen-bond donors (Lipinski definition) is 2. The van der Waals surface area contributed by atoms with Crippen LogP contribution in [0.1, 0.15) is 12.5 Å². The predicted molar refractivity (Wildman–Crippen MR) is 80.7 cm³/mol. The molecule has 2 aromatic rings. The van der Waals surface area contributed by atoms with Crippen LogP contribution in [0.2, 0.25) is 0 Å². The van der Waals surface area contributed by atoms with Gasteiger partial charge >= 0.3 is 0 Å². The van der Waals surface area contributed by atoms with Gasteiger partial charge in [0.1, 0.15) is 4.90 Å². The molecule has 0 aliphatic carbocycles. The molecule has 1 aromatic heterocycles. The van der Waals surface area contributed by atoms with Crippen LogP contribution < -0.4 is 10.5 Å². The van der Waals surface area contributed by atoms with Gasteiger partial charge in [0.25, 0.3) is 10.0 Å². The molecule has 1 heterocycles. The summed E-state index contributed by atoms with van der Waals surface area (Å²) in [5.41, 5.74) is 6.72. The molecule has 0 unspecified atom stereocenters. The maximum absolute atomic E-state index is 12.4. The Kier molecular flexibility index (Phi) is 4.46. The number of nitrogens with two attached hydrogens (primary N) is 1. The maximum Gasteiger partial charge on any atom is 0.263 e. The molecular weight excluding hydrogens is 344 g/mol. The van der Waals surface area contributed by atoms with E-state index >= 15 is 0 Å². The number of anilines is 1. The zero-order valence-corrected chi connectivity index (χ0v) is 13.3. The Hall–Kier alpha value is -1.38. The van der Waals surface area contributed by atoms with E-state index in [1.807, 2.05) is 6.92 Å². The molecule has 0 aliphatic heterocycles. The van der Waals surface area contributed by atoms with Gasteiger partial charge in [0.15, 0.2) is 0 Å². The molecule has 0 amide bonds. The van der Waals surface area contributed by atoms with E-state index in [2.05, 4.69) is 25.8 Å². The largest absolute Gasteiger partial charge is 0.326 e. The first-order valence-electron chi connectivity index (χ1n) is 6.00. The smallest absolute Gasteiger partial charge is 0.263 e. The van der Waals surface area contributed by atoms with Gasteiger partial charge in [-0.1, -0.05) is 6.07 Å². The van der Waals surface area contributed by atoms with Crippen molar-refractivity contribution in [3.8, 4) is 0 Å². The average Bonchev–Trinajstić information content (AvgIpc) is 2.86. The van der Waals surface area contributed by atoms with Crippen LogP contribution in [0.25, 0.3) is 0 Å². The molecule has 0 saturated carbocycles. The van der Waals surface area contributed by atoms with Gasteiger partial charge in [-0.15, -0.1) is 0 Å². The highest BCUT2D eigenvalue weighted by atomic mass is 79.9. The molecule has 0 fully saturated rings. The summed E-state index contributed by atoms with van der Waals surface area (Å²) in [7, 11) is -3.68. The molecule has 0 bridgehead atoms. The van der Waals surface area contributed by atoms with Crippen molar-refractivity contribution in [2.75, 3.05) is 4.72 Å². The van der Waals surface area contributed by atoms with Crippen LogP contribution in [0.4, 0.5) is 5.69 Å². The second kappa shape index (κ2) is 5.94.